The van der Waals surface area contributed by atoms with Crippen molar-refractivity contribution < 1.29 is 0 Å². The quantitative estimate of drug-likeness (QED) is 0.502. The fourth-order valence-corrected chi connectivity index (χ4v) is 12.1. The van der Waals surface area contributed by atoms with Crippen molar-refractivity contribution in [1.29, 1.82) is 0 Å². The first-order valence-corrected chi connectivity index (χ1v) is 11.8. The molecule has 0 heterocycles. The van der Waals surface area contributed by atoms with Gasteiger partial charge in [-0.15, -0.1) is 0 Å². The van der Waals surface area contributed by atoms with Crippen molar-refractivity contribution in [3.63, 3.8) is 0 Å². The molecule has 3 aliphatic rings. The number of rotatable bonds is 3. The van der Waals surface area contributed by atoms with E-state index in [0.29, 0.717) is 0 Å². The lowest BCUT2D eigenvalue weighted by Crippen LogP contribution is -2.44. The second-order valence-corrected chi connectivity index (χ2v) is 12.3. The van der Waals surface area contributed by atoms with Gasteiger partial charge in [-0.1, -0.05) is 83.5 Å². The van der Waals surface area contributed by atoms with Gasteiger partial charge in [-0.05, 0) is 46.1 Å². The minimum atomic E-state index is -1.61. The topological polar surface area (TPSA) is 0 Å². The van der Waals surface area contributed by atoms with Crippen molar-refractivity contribution in [3.05, 3.63) is 44.8 Å². The summed E-state index contributed by atoms with van der Waals surface area (Å²) in [6, 6.07) is 0. The van der Waals surface area contributed by atoms with Crippen molar-refractivity contribution in [3.8, 4) is 0 Å². The molecule has 0 N–H and O–H groups in total. The summed E-state index contributed by atoms with van der Waals surface area (Å²) in [5, 5.41) is 3.65. The van der Waals surface area contributed by atoms with E-state index in [9.17, 15) is 0 Å². The molecule has 0 radical (unpaired) electrons. The minimum Gasteiger partial charge on any atom is -0.0776 e. The van der Waals surface area contributed by atoms with Crippen LogP contribution in [0.25, 0.3) is 0 Å². The van der Waals surface area contributed by atoms with E-state index in [1.54, 1.807) is 22.3 Å². The van der Waals surface area contributed by atoms with E-state index in [4.69, 9.17) is 0 Å². The number of hydrogen-bond acceptors (Lipinski definition) is 0. The molecule has 1 heteroatoms. The fourth-order valence-electron chi connectivity index (χ4n) is 5.61. The third kappa shape index (κ3) is 2.42. The van der Waals surface area contributed by atoms with E-state index in [-0.39, 0.29) is 0 Å². The zero-order valence-electron chi connectivity index (χ0n) is 15.2. The maximum atomic E-state index is 2.71. The lowest BCUT2D eigenvalue weighted by Gasteiger charge is -2.43. The smallest absolute Gasteiger partial charge is 0.0776 e. The third-order valence-electron chi connectivity index (χ3n) is 6.53. The Balaban J connectivity index is 2.15. The Labute approximate surface area is 138 Å². The Hall–Kier alpha value is -0.823. The van der Waals surface area contributed by atoms with Gasteiger partial charge in [-0.3, -0.25) is 0 Å². The molecule has 0 saturated heterocycles. The second kappa shape index (κ2) is 6.00. The molecule has 0 unspecified atom stereocenters. The zero-order chi connectivity index (χ0) is 15.9. The molecule has 0 atom stereocenters. The standard InChI is InChI=1S/C21H32Si/c1-15-11-12-16(2)20(15)22(5,19-9-7-6-8-10-19)21-17(3)13-14-18(21)4/h11,13,19H,6-10,12,14H2,1-5H3. The molecule has 0 aromatic heterocycles. The van der Waals surface area contributed by atoms with Crippen molar-refractivity contribution in [1.82, 2.24) is 0 Å². The molecule has 0 nitrogen and oxygen atoms in total. The highest BCUT2D eigenvalue weighted by atomic mass is 28.3. The van der Waals surface area contributed by atoms with Gasteiger partial charge >= 0.3 is 0 Å². The highest BCUT2D eigenvalue weighted by molar-refractivity contribution is 6.94. The average molecular weight is 313 g/mol. The van der Waals surface area contributed by atoms with Crippen LogP contribution in [0.3, 0.4) is 0 Å². The fraction of sp³-hybridized carbons (Fsp3) is 0.619. The van der Waals surface area contributed by atoms with Crippen LogP contribution in [-0.4, -0.2) is 8.07 Å². The molecule has 3 aliphatic carbocycles. The Morgan fingerprint density at radius 3 is 1.59 bits per heavy atom. The molecule has 1 fully saturated rings. The molecule has 0 aromatic carbocycles. The average Bonchev–Trinajstić information content (AvgIpc) is 3.02. The predicted molar refractivity (Wildman–Crippen MR) is 101 cm³/mol. The van der Waals surface area contributed by atoms with Gasteiger partial charge in [0.15, 0.2) is 0 Å². The maximum Gasteiger partial charge on any atom is 0.118 e. The number of hydrogen-bond donors (Lipinski definition) is 0. The van der Waals surface area contributed by atoms with Gasteiger partial charge in [0, 0.05) is 0 Å². The van der Waals surface area contributed by atoms with Gasteiger partial charge in [0.25, 0.3) is 0 Å². The highest BCUT2D eigenvalue weighted by Crippen LogP contribution is 2.52. The Bertz CT molecular complexity index is 549. The summed E-state index contributed by atoms with van der Waals surface area (Å²) in [6.07, 6.45) is 14.7. The van der Waals surface area contributed by atoms with E-state index in [0.717, 1.165) is 5.54 Å². The maximum absolute atomic E-state index is 2.71. The summed E-state index contributed by atoms with van der Waals surface area (Å²) in [7, 11) is -1.61. The third-order valence-corrected chi connectivity index (χ3v) is 12.5. The summed E-state index contributed by atoms with van der Waals surface area (Å²) < 4.78 is 0. The van der Waals surface area contributed by atoms with Crippen LogP contribution < -0.4 is 0 Å². The molecule has 0 amide bonds. The van der Waals surface area contributed by atoms with Crippen LogP contribution in [-0.2, 0) is 0 Å². The first-order chi connectivity index (χ1) is 10.5. The van der Waals surface area contributed by atoms with Crippen LogP contribution in [0.4, 0.5) is 0 Å². The van der Waals surface area contributed by atoms with Gasteiger partial charge in [0.05, 0.1) is 0 Å². The monoisotopic (exact) mass is 312 g/mol. The molecule has 0 aromatic rings. The predicted octanol–water partition coefficient (Wildman–Crippen LogP) is 6.81. The molecule has 0 spiro atoms. The van der Waals surface area contributed by atoms with Gasteiger partial charge in [-0.25, -0.2) is 0 Å². The van der Waals surface area contributed by atoms with Crippen molar-refractivity contribution in [2.24, 2.45) is 0 Å². The summed E-state index contributed by atoms with van der Waals surface area (Å²) in [5.41, 5.74) is 7.53. The van der Waals surface area contributed by atoms with Crippen LogP contribution in [0.1, 0.15) is 72.6 Å². The SMILES string of the molecule is CC1=CCC(C)=C1[Si](C)(C1=C(C)CC=C1C)C1CCCCC1. The lowest BCUT2D eigenvalue weighted by molar-refractivity contribution is 0.493. The molecule has 22 heavy (non-hydrogen) atoms. The van der Waals surface area contributed by atoms with Gasteiger partial charge in [0.1, 0.15) is 8.07 Å². The molecule has 120 valence electrons. The Morgan fingerprint density at radius 1 is 0.773 bits per heavy atom. The summed E-state index contributed by atoms with van der Waals surface area (Å²) in [6.45, 7) is 12.3. The lowest BCUT2D eigenvalue weighted by atomic mass is 10.0. The van der Waals surface area contributed by atoms with Crippen molar-refractivity contribution in [2.75, 3.05) is 0 Å². The van der Waals surface area contributed by atoms with Gasteiger partial charge in [0.2, 0.25) is 0 Å². The number of allylic oxidation sites excluding steroid dienone is 8. The van der Waals surface area contributed by atoms with Crippen LogP contribution in [0.15, 0.2) is 44.8 Å². The summed E-state index contributed by atoms with van der Waals surface area (Å²) in [5.74, 6) is 0. The normalized spacial score (nSPS) is 24.2. The zero-order valence-corrected chi connectivity index (χ0v) is 16.2. The Kier molecular flexibility index (Phi) is 4.37. The second-order valence-electron chi connectivity index (χ2n) is 8.03. The largest absolute Gasteiger partial charge is 0.118 e. The molecular formula is C21H32Si. The first kappa shape index (κ1) is 16.0. The van der Waals surface area contributed by atoms with Crippen LogP contribution in [0.5, 0.6) is 0 Å². The van der Waals surface area contributed by atoms with E-state index in [1.807, 2.05) is 10.4 Å². The van der Waals surface area contributed by atoms with Gasteiger partial charge in [-0.2, -0.15) is 0 Å². The molecule has 3 rings (SSSR count). The minimum absolute atomic E-state index is 0.957. The molecule has 1 saturated carbocycles. The van der Waals surface area contributed by atoms with Crippen LogP contribution in [0.2, 0.25) is 12.1 Å². The first-order valence-electron chi connectivity index (χ1n) is 9.21. The molecule has 0 aliphatic heterocycles. The summed E-state index contributed by atoms with van der Waals surface area (Å²) in [4.78, 5) is 0. The molecule has 0 bridgehead atoms. The van der Waals surface area contributed by atoms with E-state index >= 15 is 0 Å². The highest BCUT2D eigenvalue weighted by Gasteiger charge is 2.47. The Morgan fingerprint density at radius 2 is 1.23 bits per heavy atom. The molecular weight excluding hydrogens is 280 g/mol. The van der Waals surface area contributed by atoms with E-state index in [1.165, 1.54) is 44.9 Å². The van der Waals surface area contributed by atoms with Crippen LogP contribution >= 0.6 is 0 Å². The van der Waals surface area contributed by atoms with E-state index in [2.05, 4.69) is 46.4 Å². The summed E-state index contributed by atoms with van der Waals surface area (Å²) >= 11 is 0. The van der Waals surface area contributed by atoms with Crippen LogP contribution in [0, 0.1) is 0 Å². The van der Waals surface area contributed by atoms with Crippen molar-refractivity contribution >= 4 is 8.07 Å². The van der Waals surface area contributed by atoms with Crippen molar-refractivity contribution in [2.45, 2.75) is 84.7 Å². The van der Waals surface area contributed by atoms with Gasteiger partial charge < -0.3 is 0 Å². The van der Waals surface area contributed by atoms with E-state index < -0.39 is 8.07 Å².